The molecule has 0 amide bonds. The third-order valence-corrected chi connectivity index (χ3v) is 5.20. The summed E-state index contributed by atoms with van der Waals surface area (Å²) in [5, 5.41) is 11.1. The average Bonchev–Trinajstić information content (AvgIpc) is 2.84. The van der Waals surface area contributed by atoms with E-state index < -0.39 is 28.5 Å². The van der Waals surface area contributed by atoms with Crippen LogP contribution in [0.25, 0.3) is 5.57 Å². The lowest BCUT2D eigenvalue weighted by atomic mass is 9.95. The monoisotopic (exact) mass is 455 g/mol. The molecule has 1 heterocycles. The van der Waals surface area contributed by atoms with Crippen molar-refractivity contribution in [1.29, 1.82) is 0 Å². The zero-order valence-electron chi connectivity index (χ0n) is 14.3. The summed E-state index contributed by atoms with van der Waals surface area (Å²) in [6.45, 7) is 0. The Hall–Kier alpha value is -2.88. The molecule has 0 bridgehead atoms. The van der Waals surface area contributed by atoms with Crippen LogP contribution in [0.5, 0.6) is 0 Å². The molecule has 2 N–H and O–H groups in total. The summed E-state index contributed by atoms with van der Waals surface area (Å²) in [5.41, 5.74) is 5.19. The Morgan fingerprint density at radius 2 is 1.89 bits per heavy atom. The third kappa shape index (κ3) is 3.35. The van der Waals surface area contributed by atoms with Crippen molar-refractivity contribution in [1.82, 2.24) is 4.90 Å². The highest BCUT2D eigenvalue weighted by molar-refractivity contribution is 9.10. The van der Waals surface area contributed by atoms with Crippen molar-refractivity contribution >= 4 is 33.0 Å². The first-order chi connectivity index (χ1) is 13.0. The van der Waals surface area contributed by atoms with Crippen molar-refractivity contribution in [3.8, 4) is 0 Å². The molecule has 1 aliphatic rings. The van der Waals surface area contributed by atoms with Crippen LogP contribution < -0.4 is 5.73 Å². The molecule has 0 aliphatic carbocycles. The molecule has 10 heteroatoms. The summed E-state index contributed by atoms with van der Waals surface area (Å²) in [6.07, 6.45) is -4.57. The van der Waals surface area contributed by atoms with E-state index in [1.807, 2.05) is 0 Å². The van der Waals surface area contributed by atoms with Crippen molar-refractivity contribution in [2.45, 2.75) is 12.2 Å². The molecular weight excluding hydrogens is 443 g/mol. The third-order valence-electron chi connectivity index (χ3n) is 4.48. The summed E-state index contributed by atoms with van der Waals surface area (Å²) >= 11 is 3.27. The summed E-state index contributed by atoms with van der Waals surface area (Å²) in [5.74, 6) is -0.548. The molecular formula is C18H13BrF3N3O3. The van der Waals surface area contributed by atoms with E-state index in [1.165, 1.54) is 42.3 Å². The van der Waals surface area contributed by atoms with Crippen LogP contribution in [-0.4, -0.2) is 22.7 Å². The van der Waals surface area contributed by atoms with Gasteiger partial charge in [-0.1, -0.05) is 28.1 Å². The number of hydrogen-bond acceptors (Lipinski definition) is 5. The number of carbonyl (C=O) groups is 1. The lowest BCUT2D eigenvalue weighted by molar-refractivity contribution is -0.385. The van der Waals surface area contributed by atoms with Crippen LogP contribution in [0.2, 0.25) is 0 Å². The Balaban J connectivity index is 2.08. The number of nitrogens with zero attached hydrogens (tertiary/aromatic N) is 2. The molecule has 0 saturated carbocycles. The van der Waals surface area contributed by atoms with Crippen molar-refractivity contribution in [3.63, 3.8) is 0 Å². The number of benzene rings is 2. The van der Waals surface area contributed by atoms with E-state index in [9.17, 15) is 28.1 Å². The van der Waals surface area contributed by atoms with Gasteiger partial charge in [0.05, 0.1) is 16.1 Å². The van der Waals surface area contributed by atoms with Gasteiger partial charge < -0.3 is 10.6 Å². The maximum Gasteiger partial charge on any atom is 0.416 e. The van der Waals surface area contributed by atoms with Gasteiger partial charge in [0.2, 0.25) is 0 Å². The van der Waals surface area contributed by atoms with Gasteiger partial charge in [0.1, 0.15) is 11.9 Å². The van der Waals surface area contributed by atoms with E-state index in [-0.39, 0.29) is 22.6 Å². The van der Waals surface area contributed by atoms with E-state index in [0.29, 0.717) is 10.0 Å². The highest BCUT2D eigenvalue weighted by atomic mass is 79.9. The zero-order valence-corrected chi connectivity index (χ0v) is 15.9. The number of hydrogen-bond donors (Lipinski definition) is 1. The minimum atomic E-state index is -4.57. The first-order valence-corrected chi connectivity index (χ1v) is 8.70. The molecule has 146 valence electrons. The van der Waals surface area contributed by atoms with E-state index in [1.54, 1.807) is 0 Å². The van der Waals surface area contributed by atoms with Gasteiger partial charge in [0.15, 0.2) is 5.78 Å². The van der Waals surface area contributed by atoms with E-state index in [4.69, 9.17) is 5.73 Å². The molecule has 0 fully saturated rings. The van der Waals surface area contributed by atoms with Gasteiger partial charge in [-0.25, -0.2) is 0 Å². The van der Waals surface area contributed by atoms with Crippen LogP contribution in [0, 0.1) is 10.1 Å². The van der Waals surface area contributed by atoms with Crippen LogP contribution in [0.15, 0.2) is 52.8 Å². The number of Topliss-reactive ketones (excluding diaryl/α,β-unsaturated/α-hetero) is 1. The number of nitro benzene ring substituents is 1. The van der Waals surface area contributed by atoms with Crippen molar-refractivity contribution in [3.05, 3.63) is 79.6 Å². The lowest BCUT2D eigenvalue weighted by Crippen LogP contribution is -2.26. The molecule has 0 aromatic heterocycles. The lowest BCUT2D eigenvalue weighted by Gasteiger charge is -2.22. The number of alkyl halides is 3. The fourth-order valence-corrected chi connectivity index (χ4v) is 3.56. The molecule has 2 aromatic carbocycles. The van der Waals surface area contributed by atoms with Gasteiger partial charge in [-0.05, 0) is 23.8 Å². The second-order valence-corrected chi connectivity index (χ2v) is 7.03. The van der Waals surface area contributed by atoms with Crippen LogP contribution in [0.3, 0.4) is 0 Å². The number of nitrogens with two attached hydrogens (primary N) is 1. The average molecular weight is 456 g/mol. The number of rotatable bonds is 3. The number of likely N-dealkylation sites (N-methyl/N-ethyl adjacent to an activating group) is 1. The van der Waals surface area contributed by atoms with E-state index in [2.05, 4.69) is 15.9 Å². The van der Waals surface area contributed by atoms with Gasteiger partial charge >= 0.3 is 6.18 Å². The molecule has 1 atom stereocenters. The molecule has 1 aliphatic heterocycles. The Bertz CT molecular complexity index is 1020. The van der Waals surface area contributed by atoms with Gasteiger partial charge in [-0.2, -0.15) is 13.2 Å². The van der Waals surface area contributed by atoms with Gasteiger partial charge in [0.25, 0.3) is 5.69 Å². The number of carbonyl (C=O) groups excluding carboxylic acids is 1. The first-order valence-electron chi connectivity index (χ1n) is 7.90. The summed E-state index contributed by atoms with van der Waals surface area (Å²) < 4.78 is 39.5. The van der Waals surface area contributed by atoms with Crippen LogP contribution in [0.4, 0.5) is 18.9 Å². The fraction of sp³-hybridized carbons (Fsp3) is 0.167. The smallest absolute Gasteiger partial charge is 0.385 e. The highest BCUT2D eigenvalue weighted by Gasteiger charge is 2.40. The standard InChI is InChI=1S/C18H13BrF3N3O3/c1-24-15(12-8-11(25(27)28)5-6-13(12)19)16(26)14(17(24)23)9-3-2-4-10(7-9)18(20,21)22/h2-8,15H,23H2,1H3. The number of halogens is 4. The van der Waals surface area contributed by atoms with E-state index >= 15 is 0 Å². The Morgan fingerprint density at radius 1 is 1.21 bits per heavy atom. The fourth-order valence-electron chi connectivity index (χ4n) is 3.10. The zero-order chi connectivity index (χ0) is 20.8. The quantitative estimate of drug-likeness (QED) is 0.551. The predicted octanol–water partition coefficient (Wildman–Crippen LogP) is 4.26. The minimum absolute atomic E-state index is 0.00673. The maximum absolute atomic E-state index is 13.1. The Kier molecular flexibility index (Phi) is 4.92. The van der Waals surface area contributed by atoms with Gasteiger partial charge in [0, 0.05) is 29.2 Å². The summed E-state index contributed by atoms with van der Waals surface area (Å²) in [6, 6.07) is 7.28. The molecule has 6 nitrogen and oxygen atoms in total. The molecule has 0 spiro atoms. The van der Waals surface area contributed by atoms with Crippen molar-refractivity contribution in [2.24, 2.45) is 5.73 Å². The summed E-state index contributed by atoms with van der Waals surface area (Å²) in [7, 11) is 1.50. The highest BCUT2D eigenvalue weighted by Crippen LogP contribution is 2.42. The molecule has 0 saturated heterocycles. The molecule has 1 unspecified atom stereocenters. The summed E-state index contributed by atoms with van der Waals surface area (Å²) in [4.78, 5) is 24.9. The number of non-ortho nitro benzene ring substituents is 1. The minimum Gasteiger partial charge on any atom is -0.385 e. The Labute approximate surface area is 165 Å². The normalized spacial score (nSPS) is 17.4. The SMILES string of the molecule is CN1C(N)=C(c2cccc(C(F)(F)F)c2)C(=O)C1c1cc([N+](=O)[O-])ccc1Br. The van der Waals surface area contributed by atoms with Gasteiger partial charge in [-0.3, -0.25) is 14.9 Å². The second kappa shape index (κ2) is 6.93. The maximum atomic E-state index is 13.1. The first kappa shape index (κ1) is 19.9. The van der Waals surface area contributed by atoms with Crippen molar-refractivity contribution < 1.29 is 22.9 Å². The predicted molar refractivity (Wildman–Crippen MR) is 98.9 cm³/mol. The molecule has 3 rings (SSSR count). The molecule has 28 heavy (non-hydrogen) atoms. The number of ketones is 1. The van der Waals surface area contributed by atoms with E-state index in [0.717, 1.165) is 12.1 Å². The molecule has 0 radical (unpaired) electrons. The van der Waals surface area contributed by atoms with Crippen LogP contribution in [0.1, 0.15) is 22.7 Å². The molecule has 2 aromatic rings. The largest absolute Gasteiger partial charge is 0.416 e. The number of nitro groups is 1. The Morgan fingerprint density at radius 3 is 2.50 bits per heavy atom. The van der Waals surface area contributed by atoms with Crippen LogP contribution >= 0.6 is 15.9 Å². The second-order valence-electron chi connectivity index (χ2n) is 6.18. The van der Waals surface area contributed by atoms with Gasteiger partial charge in [-0.15, -0.1) is 0 Å². The topological polar surface area (TPSA) is 89.5 Å². The van der Waals surface area contributed by atoms with Crippen molar-refractivity contribution in [2.75, 3.05) is 7.05 Å². The van der Waals surface area contributed by atoms with Crippen LogP contribution in [-0.2, 0) is 11.0 Å².